The predicted molar refractivity (Wildman–Crippen MR) is 82.3 cm³/mol. The van der Waals surface area contributed by atoms with Gasteiger partial charge in [-0.25, -0.2) is 13.1 Å². The maximum Gasteiger partial charge on any atom is 0.240 e. The Bertz CT molecular complexity index is 531. The molecule has 0 radical (unpaired) electrons. The number of hydrogen-bond acceptors (Lipinski definition) is 3. The fourth-order valence-electron chi connectivity index (χ4n) is 2.01. The highest BCUT2D eigenvalue weighted by Crippen LogP contribution is 2.20. The zero-order chi connectivity index (χ0) is 13.2. The number of rotatable bonds is 4. The van der Waals surface area contributed by atoms with Crippen molar-refractivity contribution in [2.75, 3.05) is 13.1 Å². The van der Waals surface area contributed by atoms with Crippen LogP contribution < -0.4 is 10.0 Å². The standard InChI is InChI=1S/C12H17BrN2O2S.ClH/c1-9-7-11(4-5-12(9)13)18(16,17)15-8-10-3-2-6-14-10;/h4-5,7,10,14-15H,2-3,6,8H2,1H3;1H. The minimum absolute atomic E-state index is 0. The summed E-state index contributed by atoms with van der Waals surface area (Å²) in [6.45, 7) is 3.31. The molecule has 108 valence electrons. The highest BCUT2D eigenvalue weighted by molar-refractivity contribution is 9.10. The lowest BCUT2D eigenvalue weighted by molar-refractivity contribution is 0.551. The van der Waals surface area contributed by atoms with Gasteiger partial charge in [0.05, 0.1) is 4.90 Å². The van der Waals surface area contributed by atoms with Gasteiger partial charge in [-0.05, 0) is 50.1 Å². The van der Waals surface area contributed by atoms with Crippen molar-refractivity contribution in [3.05, 3.63) is 28.2 Å². The largest absolute Gasteiger partial charge is 0.313 e. The number of aryl methyl sites for hydroxylation is 1. The van der Waals surface area contributed by atoms with Gasteiger partial charge in [-0.1, -0.05) is 15.9 Å². The van der Waals surface area contributed by atoms with Crippen molar-refractivity contribution >= 4 is 38.4 Å². The molecule has 4 nitrogen and oxygen atoms in total. The van der Waals surface area contributed by atoms with E-state index in [1.54, 1.807) is 18.2 Å². The first kappa shape index (κ1) is 16.9. The predicted octanol–water partition coefficient (Wildman–Crippen LogP) is 2.21. The van der Waals surface area contributed by atoms with Crippen LogP contribution in [0.5, 0.6) is 0 Å². The lowest BCUT2D eigenvalue weighted by Gasteiger charge is -2.12. The van der Waals surface area contributed by atoms with Crippen molar-refractivity contribution in [2.45, 2.75) is 30.7 Å². The van der Waals surface area contributed by atoms with E-state index in [1.165, 1.54) is 0 Å². The van der Waals surface area contributed by atoms with E-state index in [2.05, 4.69) is 26.0 Å². The Labute approximate surface area is 128 Å². The minimum atomic E-state index is -3.40. The van der Waals surface area contributed by atoms with Crippen LogP contribution in [0.4, 0.5) is 0 Å². The topological polar surface area (TPSA) is 58.2 Å². The maximum atomic E-state index is 12.1. The molecule has 0 saturated carbocycles. The van der Waals surface area contributed by atoms with Crippen LogP contribution in [0, 0.1) is 6.92 Å². The van der Waals surface area contributed by atoms with Crippen molar-refractivity contribution in [3.8, 4) is 0 Å². The molecule has 1 aliphatic heterocycles. The molecule has 7 heteroatoms. The number of nitrogens with one attached hydrogen (secondary N) is 2. The van der Waals surface area contributed by atoms with Gasteiger partial charge in [-0.2, -0.15) is 0 Å². The summed E-state index contributed by atoms with van der Waals surface area (Å²) in [6.07, 6.45) is 2.14. The molecule has 1 aromatic rings. The van der Waals surface area contributed by atoms with Crippen molar-refractivity contribution < 1.29 is 8.42 Å². The van der Waals surface area contributed by atoms with Crippen LogP contribution in [0.2, 0.25) is 0 Å². The Balaban J connectivity index is 0.00000180. The Morgan fingerprint density at radius 2 is 2.21 bits per heavy atom. The van der Waals surface area contributed by atoms with E-state index in [4.69, 9.17) is 0 Å². The molecule has 1 aromatic carbocycles. The van der Waals surface area contributed by atoms with Crippen LogP contribution in [0.3, 0.4) is 0 Å². The lowest BCUT2D eigenvalue weighted by Crippen LogP contribution is -2.37. The van der Waals surface area contributed by atoms with Gasteiger partial charge in [0.2, 0.25) is 10.0 Å². The van der Waals surface area contributed by atoms with Gasteiger partial charge < -0.3 is 5.32 Å². The molecule has 1 fully saturated rings. The summed E-state index contributed by atoms with van der Waals surface area (Å²) in [7, 11) is -3.40. The molecule has 1 aliphatic rings. The highest BCUT2D eigenvalue weighted by Gasteiger charge is 2.19. The Hall–Kier alpha value is -0.140. The van der Waals surface area contributed by atoms with Crippen molar-refractivity contribution in [1.29, 1.82) is 0 Å². The van der Waals surface area contributed by atoms with Crippen molar-refractivity contribution in [2.24, 2.45) is 0 Å². The van der Waals surface area contributed by atoms with Gasteiger partial charge in [0, 0.05) is 17.1 Å². The Morgan fingerprint density at radius 1 is 1.47 bits per heavy atom. The number of benzene rings is 1. The monoisotopic (exact) mass is 368 g/mol. The molecule has 1 unspecified atom stereocenters. The summed E-state index contributed by atoms with van der Waals surface area (Å²) < 4.78 is 27.8. The molecule has 2 rings (SSSR count). The summed E-state index contributed by atoms with van der Waals surface area (Å²) >= 11 is 3.36. The van der Waals surface area contributed by atoms with Crippen molar-refractivity contribution in [1.82, 2.24) is 10.0 Å². The van der Waals surface area contributed by atoms with Crippen LogP contribution in [0.15, 0.2) is 27.6 Å². The van der Waals surface area contributed by atoms with E-state index in [9.17, 15) is 8.42 Å². The van der Waals surface area contributed by atoms with Gasteiger partial charge in [-0.15, -0.1) is 12.4 Å². The fourth-order valence-corrected chi connectivity index (χ4v) is 3.42. The molecule has 0 bridgehead atoms. The summed E-state index contributed by atoms with van der Waals surface area (Å²) in [6, 6.07) is 5.31. The van der Waals surface area contributed by atoms with Gasteiger partial charge in [-0.3, -0.25) is 0 Å². The molecule has 19 heavy (non-hydrogen) atoms. The molecular formula is C12H18BrClN2O2S. The van der Waals surface area contributed by atoms with Crippen LogP contribution >= 0.6 is 28.3 Å². The van der Waals surface area contributed by atoms with Crippen LogP contribution in [0.1, 0.15) is 18.4 Å². The molecule has 1 saturated heterocycles. The number of hydrogen-bond donors (Lipinski definition) is 2. The van der Waals surface area contributed by atoms with Crippen LogP contribution in [-0.4, -0.2) is 27.5 Å². The summed E-state index contributed by atoms with van der Waals surface area (Å²) in [5, 5.41) is 3.27. The fraction of sp³-hybridized carbons (Fsp3) is 0.500. The third kappa shape index (κ3) is 4.43. The molecular weight excluding hydrogens is 352 g/mol. The highest BCUT2D eigenvalue weighted by atomic mass is 79.9. The third-order valence-corrected chi connectivity index (χ3v) is 5.43. The van der Waals surface area contributed by atoms with Gasteiger partial charge in [0.15, 0.2) is 0 Å². The second-order valence-corrected chi connectivity index (χ2v) is 7.18. The van der Waals surface area contributed by atoms with E-state index < -0.39 is 10.0 Å². The summed E-state index contributed by atoms with van der Waals surface area (Å²) in [4.78, 5) is 0.321. The molecule has 0 amide bonds. The molecule has 0 aliphatic carbocycles. The average molecular weight is 370 g/mol. The van der Waals surface area contributed by atoms with Crippen LogP contribution in [-0.2, 0) is 10.0 Å². The minimum Gasteiger partial charge on any atom is -0.313 e. The summed E-state index contributed by atoms with van der Waals surface area (Å²) in [5.41, 5.74) is 0.914. The Morgan fingerprint density at radius 3 is 2.79 bits per heavy atom. The van der Waals surface area contributed by atoms with Gasteiger partial charge in [0.25, 0.3) is 0 Å². The third-order valence-electron chi connectivity index (χ3n) is 3.12. The molecule has 2 N–H and O–H groups in total. The number of halogens is 2. The molecule has 0 aromatic heterocycles. The second-order valence-electron chi connectivity index (χ2n) is 4.56. The quantitative estimate of drug-likeness (QED) is 0.855. The van der Waals surface area contributed by atoms with E-state index >= 15 is 0 Å². The zero-order valence-electron chi connectivity index (χ0n) is 10.6. The van der Waals surface area contributed by atoms with E-state index in [-0.39, 0.29) is 18.4 Å². The first-order valence-corrected chi connectivity index (χ1v) is 8.26. The Kier molecular flexibility index (Phi) is 6.26. The summed E-state index contributed by atoms with van der Waals surface area (Å²) in [5.74, 6) is 0. The van der Waals surface area contributed by atoms with Gasteiger partial charge in [0.1, 0.15) is 0 Å². The van der Waals surface area contributed by atoms with Gasteiger partial charge >= 0.3 is 0 Å². The number of sulfonamides is 1. The van der Waals surface area contributed by atoms with E-state index in [0.717, 1.165) is 29.4 Å². The first-order chi connectivity index (χ1) is 8.49. The molecule has 0 spiro atoms. The van der Waals surface area contributed by atoms with E-state index in [1.807, 2.05) is 6.92 Å². The van der Waals surface area contributed by atoms with E-state index in [0.29, 0.717) is 11.4 Å². The second kappa shape index (κ2) is 7.04. The molecule has 1 atom stereocenters. The zero-order valence-corrected chi connectivity index (χ0v) is 13.9. The maximum absolute atomic E-state index is 12.1. The average Bonchev–Trinajstić information content (AvgIpc) is 2.83. The smallest absolute Gasteiger partial charge is 0.240 e. The lowest BCUT2D eigenvalue weighted by atomic mass is 10.2. The molecule has 1 heterocycles. The normalized spacial score (nSPS) is 19.2. The van der Waals surface area contributed by atoms with Crippen LogP contribution in [0.25, 0.3) is 0 Å². The first-order valence-electron chi connectivity index (χ1n) is 5.98. The van der Waals surface area contributed by atoms with Crippen molar-refractivity contribution in [3.63, 3.8) is 0 Å². The SMILES string of the molecule is Cc1cc(S(=O)(=O)NCC2CCCN2)ccc1Br.Cl.